The normalized spacial score (nSPS) is 34.6. The molecule has 1 aromatic rings. The van der Waals surface area contributed by atoms with Gasteiger partial charge in [0.05, 0.1) is 5.69 Å². The molecule has 1 radical (unpaired) electrons. The summed E-state index contributed by atoms with van der Waals surface area (Å²) in [6.45, 7) is 12.4. The number of fused-ring (bicyclic) bond motifs is 1. The summed E-state index contributed by atoms with van der Waals surface area (Å²) in [5.74, 6) is 2.46. The average molecular weight is 360 g/mol. The topological polar surface area (TPSA) is 16.1 Å². The molecule has 1 aliphatic heterocycles. The monoisotopic (exact) mass is 359 g/mol. The lowest BCUT2D eigenvalue weighted by molar-refractivity contribution is -0.0501. The lowest BCUT2D eigenvalue weighted by Gasteiger charge is -2.55. The van der Waals surface area contributed by atoms with Gasteiger partial charge in [-0.2, -0.15) is 0 Å². The van der Waals surface area contributed by atoms with Crippen molar-refractivity contribution in [3.63, 3.8) is 0 Å². The fraction of sp³-hybridized carbons (Fsp3) is 0.818. The van der Waals surface area contributed by atoms with E-state index in [1.807, 2.05) is 11.3 Å². The van der Waals surface area contributed by atoms with Crippen LogP contribution in [0.3, 0.4) is 0 Å². The van der Waals surface area contributed by atoms with E-state index in [-0.39, 0.29) is 0 Å². The van der Waals surface area contributed by atoms with Crippen LogP contribution in [0.15, 0.2) is 5.38 Å². The van der Waals surface area contributed by atoms with Gasteiger partial charge < -0.3 is 4.90 Å². The van der Waals surface area contributed by atoms with Crippen molar-refractivity contribution in [3.8, 4) is 0 Å². The van der Waals surface area contributed by atoms with E-state index in [9.17, 15) is 0 Å². The maximum absolute atomic E-state index is 5.11. The minimum Gasteiger partial charge on any atom is -0.348 e. The highest BCUT2D eigenvalue weighted by atomic mass is 32.1. The van der Waals surface area contributed by atoms with E-state index in [0.29, 0.717) is 16.7 Å². The minimum atomic E-state index is 0.500. The number of thiazole rings is 1. The lowest BCUT2D eigenvalue weighted by atomic mass is 9.49. The molecular formula is C22H35N2S. The molecule has 0 bridgehead atoms. The van der Waals surface area contributed by atoms with E-state index in [4.69, 9.17) is 4.98 Å². The van der Waals surface area contributed by atoms with Gasteiger partial charge in [0, 0.05) is 24.4 Å². The number of nitrogens with zero attached hydrogens (tertiary/aromatic N) is 2. The van der Waals surface area contributed by atoms with Gasteiger partial charge in [-0.15, -0.1) is 11.3 Å². The zero-order chi connectivity index (χ0) is 17.7. The molecule has 0 N–H and O–H groups in total. The molecule has 3 heteroatoms. The number of aromatic nitrogens is 1. The Bertz CT molecular complexity index is 597. The summed E-state index contributed by atoms with van der Waals surface area (Å²) in [5, 5.41) is 3.65. The molecule has 3 atom stereocenters. The molecule has 1 saturated heterocycles. The summed E-state index contributed by atoms with van der Waals surface area (Å²) < 4.78 is 0. The van der Waals surface area contributed by atoms with E-state index in [2.05, 4.69) is 44.4 Å². The third kappa shape index (κ3) is 3.38. The summed E-state index contributed by atoms with van der Waals surface area (Å²) in [6, 6.07) is 0. The summed E-state index contributed by atoms with van der Waals surface area (Å²) in [4.78, 5) is 7.60. The molecule has 2 heterocycles. The number of hydrogen-bond acceptors (Lipinski definition) is 3. The molecule has 0 amide bonds. The third-order valence-corrected chi connectivity index (χ3v) is 8.60. The second-order valence-electron chi connectivity index (χ2n) is 10.1. The summed E-state index contributed by atoms with van der Waals surface area (Å²) in [6.07, 6.45) is 11.7. The van der Waals surface area contributed by atoms with Crippen molar-refractivity contribution >= 4 is 16.5 Å². The number of rotatable bonds is 2. The first-order chi connectivity index (χ1) is 11.9. The van der Waals surface area contributed by atoms with E-state index >= 15 is 0 Å². The highest BCUT2D eigenvalue weighted by molar-refractivity contribution is 7.13. The van der Waals surface area contributed by atoms with Crippen molar-refractivity contribution in [2.45, 2.75) is 78.6 Å². The van der Waals surface area contributed by atoms with Crippen molar-refractivity contribution in [2.75, 3.05) is 18.0 Å². The van der Waals surface area contributed by atoms with Crippen LogP contribution >= 0.6 is 11.3 Å². The Morgan fingerprint density at radius 3 is 2.40 bits per heavy atom. The van der Waals surface area contributed by atoms with Gasteiger partial charge >= 0.3 is 0 Å². The Labute approximate surface area is 158 Å². The van der Waals surface area contributed by atoms with Crippen molar-refractivity contribution in [1.82, 2.24) is 4.98 Å². The van der Waals surface area contributed by atoms with Crippen LogP contribution in [-0.4, -0.2) is 18.1 Å². The molecule has 3 unspecified atom stereocenters. The molecule has 2 saturated carbocycles. The van der Waals surface area contributed by atoms with Crippen molar-refractivity contribution in [2.24, 2.45) is 22.7 Å². The highest BCUT2D eigenvalue weighted by Crippen LogP contribution is 2.59. The second kappa shape index (κ2) is 6.55. The van der Waals surface area contributed by atoms with Crippen LogP contribution in [0.5, 0.6) is 0 Å². The van der Waals surface area contributed by atoms with Crippen LogP contribution in [0.4, 0.5) is 5.13 Å². The van der Waals surface area contributed by atoms with Crippen molar-refractivity contribution < 1.29 is 0 Å². The Morgan fingerprint density at radius 2 is 1.68 bits per heavy atom. The number of piperidine rings is 1. The van der Waals surface area contributed by atoms with Gasteiger partial charge in [-0.3, -0.25) is 0 Å². The molecule has 25 heavy (non-hydrogen) atoms. The quantitative estimate of drug-likeness (QED) is 0.616. The van der Waals surface area contributed by atoms with Crippen LogP contribution < -0.4 is 4.90 Å². The summed E-state index contributed by atoms with van der Waals surface area (Å²) in [7, 11) is 0. The van der Waals surface area contributed by atoms with E-state index in [0.717, 1.165) is 24.9 Å². The van der Waals surface area contributed by atoms with Crippen LogP contribution in [0, 0.1) is 29.1 Å². The molecule has 0 spiro atoms. The first-order valence-electron chi connectivity index (χ1n) is 10.4. The maximum Gasteiger partial charge on any atom is 0.185 e. The minimum absolute atomic E-state index is 0.500. The maximum atomic E-state index is 5.11. The Kier molecular flexibility index (Phi) is 4.67. The SMILES string of the molecule is CC1(C)CCC(C)(C)C2CC(c3csc(N4CC[CH]CC4)n3)CCC21. The second-order valence-corrected chi connectivity index (χ2v) is 10.9. The van der Waals surface area contributed by atoms with Crippen LogP contribution in [-0.2, 0) is 0 Å². The molecule has 4 rings (SSSR count). The van der Waals surface area contributed by atoms with E-state index < -0.39 is 0 Å². The highest BCUT2D eigenvalue weighted by Gasteiger charge is 2.50. The Hall–Kier alpha value is -0.570. The Balaban J connectivity index is 1.50. The lowest BCUT2D eigenvalue weighted by Crippen LogP contribution is -2.46. The molecule has 2 nitrogen and oxygen atoms in total. The van der Waals surface area contributed by atoms with Gasteiger partial charge in [-0.05, 0) is 74.0 Å². The Morgan fingerprint density at radius 1 is 1.00 bits per heavy atom. The van der Waals surface area contributed by atoms with Crippen LogP contribution in [0.25, 0.3) is 0 Å². The van der Waals surface area contributed by atoms with E-state index in [1.54, 1.807) is 0 Å². The molecule has 3 aliphatic rings. The van der Waals surface area contributed by atoms with Crippen molar-refractivity contribution in [1.29, 1.82) is 0 Å². The number of anilines is 1. The van der Waals surface area contributed by atoms with Crippen LogP contribution in [0.2, 0.25) is 0 Å². The smallest absolute Gasteiger partial charge is 0.185 e. The van der Waals surface area contributed by atoms with Gasteiger partial charge in [0.2, 0.25) is 0 Å². The first-order valence-corrected chi connectivity index (χ1v) is 11.3. The van der Waals surface area contributed by atoms with Gasteiger partial charge in [0.15, 0.2) is 5.13 Å². The predicted molar refractivity (Wildman–Crippen MR) is 108 cm³/mol. The van der Waals surface area contributed by atoms with Gasteiger partial charge in [-0.25, -0.2) is 4.98 Å². The molecular weight excluding hydrogens is 324 g/mol. The average Bonchev–Trinajstić information content (AvgIpc) is 3.10. The van der Waals surface area contributed by atoms with Crippen LogP contribution in [0.1, 0.15) is 84.3 Å². The molecule has 139 valence electrons. The first kappa shape index (κ1) is 17.8. The zero-order valence-electron chi connectivity index (χ0n) is 16.6. The summed E-state index contributed by atoms with van der Waals surface area (Å²) in [5.41, 5.74) is 2.43. The zero-order valence-corrected chi connectivity index (χ0v) is 17.4. The fourth-order valence-electron chi connectivity index (χ4n) is 5.80. The van der Waals surface area contributed by atoms with Gasteiger partial charge in [0.1, 0.15) is 0 Å². The molecule has 0 aromatic carbocycles. The van der Waals surface area contributed by atoms with Crippen molar-refractivity contribution in [3.05, 3.63) is 17.5 Å². The fourth-order valence-corrected chi connectivity index (χ4v) is 6.77. The molecule has 2 aliphatic carbocycles. The number of hydrogen-bond donors (Lipinski definition) is 0. The third-order valence-electron chi connectivity index (χ3n) is 7.68. The molecule has 3 fully saturated rings. The molecule has 1 aromatic heterocycles. The summed E-state index contributed by atoms with van der Waals surface area (Å²) >= 11 is 1.88. The van der Waals surface area contributed by atoms with E-state index in [1.165, 1.54) is 55.8 Å². The van der Waals surface area contributed by atoms with Gasteiger partial charge in [-0.1, -0.05) is 27.7 Å². The largest absolute Gasteiger partial charge is 0.348 e. The standard InChI is InChI=1S/C22H35N2S/c1-21(2)10-11-22(3,4)18-14-16(8-9-17(18)21)19-15-25-20(23-19)24-12-6-5-7-13-24/h5,15-18H,6-14H2,1-4H3. The predicted octanol–water partition coefficient (Wildman–Crippen LogP) is 6.29. The van der Waals surface area contributed by atoms with Gasteiger partial charge in [0.25, 0.3) is 0 Å².